The Bertz CT molecular complexity index is 1420. The molecule has 32 heavy (non-hydrogen) atoms. The molecule has 0 saturated heterocycles. The molecule has 0 saturated carbocycles. The number of rotatable bonds is 5. The Morgan fingerprint density at radius 1 is 1.09 bits per heavy atom. The van der Waals surface area contributed by atoms with Crippen LogP contribution in [0.4, 0.5) is 0 Å². The summed E-state index contributed by atoms with van der Waals surface area (Å²) >= 11 is 1.69. The molecule has 158 valence electrons. The average Bonchev–Trinajstić information content (AvgIpc) is 2.81. The number of hydrogen-bond donors (Lipinski definition) is 1. The third-order valence-electron chi connectivity index (χ3n) is 4.91. The molecule has 4 rings (SSSR count). The Hall–Kier alpha value is -3.89. The van der Waals surface area contributed by atoms with Crippen LogP contribution in [0.3, 0.4) is 0 Å². The topological polar surface area (TPSA) is 85.1 Å². The highest BCUT2D eigenvalue weighted by molar-refractivity contribution is 7.98. The quantitative estimate of drug-likeness (QED) is 0.374. The Kier molecular flexibility index (Phi) is 6.34. The maximum absolute atomic E-state index is 13.0. The van der Waals surface area contributed by atoms with Gasteiger partial charge in [-0.15, -0.1) is 11.8 Å². The van der Waals surface area contributed by atoms with Crippen molar-refractivity contribution in [2.45, 2.75) is 17.9 Å². The van der Waals surface area contributed by atoms with Crippen LogP contribution in [-0.4, -0.2) is 31.9 Å². The summed E-state index contributed by atoms with van der Waals surface area (Å²) < 4.78 is 1.49. The lowest BCUT2D eigenvalue weighted by Crippen LogP contribution is -2.21. The lowest BCUT2D eigenvalue weighted by atomic mass is 10.1. The summed E-state index contributed by atoms with van der Waals surface area (Å²) in [6.07, 6.45) is 5.66. The molecule has 0 aliphatic carbocycles. The molecule has 2 aromatic carbocycles. The Morgan fingerprint density at radius 2 is 1.91 bits per heavy atom. The van der Waals surface area contributed by atoms with Gasteiger partial charge in [0.2, 0.25) is 0 Å². The number of aromatic carboxylic acids is 1. The van der Waals surface area contributed by atoms with Gasteiger partial charge in [0.05, 0.1) is 35.5 Å². The first-order chi connectivity index (χ1) is 15.5. The molecule has 2 aromatic heterocycles. The van der Waals surface area contributed by atoms with Gasteiger partial charge in [0, 0.05) is 11.3 Å². The lowest BCUT2D eigenvalue weighted by Gasteiger charge is -2.07. The largest absolute Gasteiger partial charge is 0.478 e. The first-order valence-electron chi connectivity index (χ1n) is 9.83. The fourth-order valence-corrected chi connectivity index (χ4v) is 3.69. The monoisotopic (exact) mass is 441 g/mol. The summed E-state index contributed by atoms with van der Waals surface area (Å²) in [4.78, 5) is 33.8. The highest BCUT2D eigenvalue weighted by atomic mass is 32.2. The zero-order chi connectivity index (χ0) is 22.5. The smallest absolute Gasteiger partial charge is 0.335 e. The molecule has 0 aliphatic rings. The number of fused-ring (bicyclic) bond motifs is 1. The van der Waals surface area contributed by atoms with Gasteiger partial charge in [-0.05, 0) is 53.6 Å². The zero-order valence-electron chi connectivity index (χ0n) is 17.3. The van der Waals surface area contributed by atoms with Crippen molar-refractivity contribution in [3.63, 3.8) is 0 Å². The van der Waals surface area contributed by atoms with Crippen molar-refractivity contribution in [2.75, 3.05) is 6.26 Å². The van der Waals surface area contributed by atoms with Gasteiger partial charge in [-0.1, -0.05) is 30.2 Å². The van der Waals surface area contributed by atoms with E-state index in [-0.39, 0.29) is 17.7 Å². The van der Waals surface area contributed by atoms with E-state index in [1.54, 1.807) is 36.2 Å². The third kappa shape index (κ3) is 4.88. The maximum Gasteiger partial charge on any atom is 0.335 e. The second-order valence-corrected chi connectivity index (χ2v) is 7.98. The van der Waals surface area contributed by atoms with E-state index in [4.69, 9.17) is 5.11 Å². The van der Waals surface area contributed by atoms with Crippen LogP contribution >= 0.6 is 11.8 Å². The Balaban J connectivity index is 1.57. The molecule has 0 aliphatic heterocycles. The van der Waals surface area contributed by atoms with Crippen molar-refractivity contribution in [3.8, 4) is 11.8 Å². The molecule has 2 heterocycles. The molecule has 0 atom stereocenters. The summed E-state index contributed by atoms with van der Waals surface area (Å²) in [5, 5.41) is 9.46. The summed E-state index contributed by atoms with van der Waals surface area (Å²) in [5.74, 6) is 5.17. The maximum atomic E-state index is 13.0. The van der Waals surface area contributed by atoms with Crippen LogP contribution in [0.15, 0.2) is 76.8 Å². The van der Waals surface area contributed by atoms with Crippen LogP contribution in [0.25, 0.3) is 10.9 Å². The van der Waals surface area contributed by atoms with Crippen molar-refractivity contribution >= 4 is 28.6 Å². The second-order valence-electron chi connectivity index (χ2n) is 7.10. The fraction of sp³-hybridized carbons (Fsp3) is 0.120. The average molecular weight is 442 g/mol. The van der Waals surface area contributed by atoms with Crippen LogP contribution in [0.1, 0.15) is 27.2 Å². The highest BCUT2D eigenvalue weighted by Crippen LogP contribution is 2.16. The van der Waals surface area contributed by atoms with Crippen molar-refractivity contribution in [1.82, 2.24) is 14.5 Å². The van der Waals surface area contributed by atoms with E-state index >= 15 is 0 Å². The Morgan fingerprint density at radius 3 is 2.66 bits per heavy atom. The standard InChI is InChI=1S/C25H19N3O3S/c1-32-21-7-3-5-17(12-21)4-2-6-20-13-22-23(14-26-20)27-16-28(24(22)29)15-18-8-10-19(11-9-18)25(30)31/h3,5,7-14,16H,4,15H2,1H3,(H,30,31). The number of carboxylic acid groups (broad SMARTS) is 1. The molecule has 0 amide bonds. The number of pyridine rings is 1. The van der Waals surface area contributed by atoms with E-state index in [0.29, 0.717) is 23.0 Å². The third-order valence-corrected chi connectivity index (χ3v) is 5.63. The fourth-order valence-electron chi connectivity index (χ4n) is 3.21. The number of carbonyl (C=O) groups is 1. The minimum Gasteiger partial charge on any atom is -0.478 e. The summed E-state index contributed by atoms with van der Waals surface area (Å²) in [6, 6.07) is 16.3. The molecule has 7 heteroatoms. The van der Waals surface area contributed by atoms with E-state index in [1.165, 1.54) is 27.9 Å². The van der Waals surface area contributed by atoms with E-state index in [0.717, 1.165) is 11.1 Å². The summed E-state index contributed by atoms with van der Waals surface area (Å²) in [6.45, 7) is 0.288. The van der Waals surface area contributed by atoms with Crippen LogP contribution in [0.2, 0.25) is 0 Å². The molecule has 0 unspecified atom stereocenters. The number of hydrogen-bond acceptors (Lipinski definition) is 5. The normalized spacial score (nSPS) is 10.5. The first-order valence-corrected chi connectivity index (χ1v) is 11.1. The SMILES string of the molecule is CSc1cccc(CC#Cc2cc3c(=O)n(Cc4ccc(C(=O)O)cc4)cnc3cn2)c1. The van der Waals surface area contributed by atoms with Crippen molar-refractivity contribution in [1.29, 1.82) is 0 Å². The predicted molar refractivity (Wildman–Crippen MR) is 125 cm³/mol. The van der Waals surface area contributed by atoms with E-state index in [9.17, 15) is 9.59 Å². The van der Waals surface area contributed by atoms with Gasteiger partial charge in [-0.3, -0.25) is 9.36 Å². The first kappa shape index (κ1) is 21.3. The zero-order valence-corrected chi connectivity index (χ0v) is 18.1. The molecule has 0 radical (unpaired) electrons. The number of carboxylic acids is 1. The van der Waals surface area contributed by atoms with Gasteiger partial charge in [-0.2, -0.15) is 0 Å². The van der Waals surface area contributed by atoms with Crippen LogP contribution < -0.4 is 5.56 Å². The van der Waals surface area contributed by atoms with Gasteiger partial charge in [0.1, 0.15) is 5.69 Å². The van der Waals surface area contributed by atoms with Gasteiger partial charge in [0.25, 0.3) is 5.56 Å². The molecule has 1 N–H and O–H groups in total. The van der Waals surface area contributed by atoms with Crippen molar-refractivity contribution < 1.29 is 9.90 Å². The van der Waals surface area contributed by atoms with Crippen molar-refractivity contribution in [3.05, 3.63) is 99.9 Å². The van der Waals surface area contributed by atoms with E-state index < -0.39 is 5.97 Å². The molecular formula is C25H19N3O3S. The number of benzene rings is 2. The van der Waals surface area contributed by atoms with Crippen LogP contribution in [0.5, 0.6) is 0 Å². The van der Waals surface area contributed by atoms with Crippen LogP contribution in [-0.2, 0) is 13.0 Å². The second kappa shape index (κ2) is 9.50. The molecule has 0 fully saturated rings. The van der Waals surface area contributed by atoms with E-state index in [1.807, 2.05) is 18.4 Å². The molecule has 0 spiro atoms. The lowest BCUT2D eigenvalue weighted by molar-refractivity contribution is 0.0697. The minimum absolute atomic E-state index is 0.199. The molecule has 4 aromatic rings. The Labute approximate surface area is 189 Å². The molecular weight excluding hydrogens is 422 g/mol. The summed E-state index contributed by atoms with van der Waals surface area (Å²) in [7, 11) is 0. The molecule has 6 nitrogen and oxygen atoms in total. The van der Waals surface area contributed by atoms with Crippen molar-refractivity contribution in [2.24, 2.45) is 0 Å². The number of aromatic nitrogens is 3. The predicted octanol–water partition coefficient (Wildman–Crippen LogP) is 3.85. The molecule has 0 bridgehead atoms. The van der Waals surface area contributed by atoms with Gasteiger partial charge in [0.15, 0.2) is 0 Å². The summed E-state index contributed by atoms with van der Waals surface area (Å²) in [5.41, 5.74) is 2.96. The van der Waals surface area contributed by atoms with Gasteiger partial charge in [-0.25, -0.2) is 14.8 Å². The minimum atomic E-state index is -0.987. The number of nitrogens with zero attached hydrogens (tertiary/aromatic N) is 3. The van der Waals surface area contributed by atoms with Crippen LogP contribution in [0, 0.1) is 11.8 Å². The van der Waals surface area contributed by atoms with Gasteiger partial charge < -0.3 is 5.11 Å². The highest BCUT2D eigenvalue weighted by Gasteiger charge is 2.07. The van der Waals surface area contributed by atoms with E-state index in [2.05, 4.69) is 33.9 Å². The number of thioether (sulfide) groups is 1. The van der Waals surface area contributed by atoms with Gasteiger partial charge >= 0.3 is 5.97 Å².